The van der Waals surface area contributed by atoms with E-state index >= 15 is 0 Å². The highest BCUT2D eigenvalue weighted by Gasteiger charge is 2.33. The van der Waals surface area contributed by atoms with Crippen LogP contribution in [0.2, 0.25) is 5.02 Å². The van der Waals surface area contributed by atoms with E-state index in [9.17, 15) is 0 Å². The smallest absolute Gasteiger partial charge is 0.0438 e. The van der Waals surface area contributed by atoms with Gasteiger partial charge in [0.05, 0.1) is 0 Å². The maximum atomic E-state index is 6.18. The van der Waals surface area contributed by atoms with Crippen molar-refractivity contribution in [2.45, 2.75) is 38.1 Å². The largest absolute Gasteiger partial charge is 0.310 e. The molecule has 1 nitrogen and oxygen atoms in total. The fourth-order valence-corrected chi connectivity index (χ4v) is 2.73. The molecule has 0 heterocycles. The molecule has 15 heavy (non-hydrogen) atoms. The molecule has 0 spiro atoms. The van der Waals surface area contributed by atoms with Crippen LogP contribution in [-0.4, -0.2) is 7.05 Å². The first kappa shape index (κ1) is 11.0. The fraction of sp³-hybridized carbons (Fsp3) is 0.538. The Morgan fingerprint density at radius 3 is 2.47 bits per heavy atom. The Hall–Kier alpha value is -0.530. The van der Waals surface area contributed by atoms with Gasteiger partial charge in [0, 0.05) is 10.6 Å². The Kier molecular flexibility index (Phi) is 3.03. The zero-order valence-corrected chi connectivity index (χ0v) is 10.2. The molecule has 1 aromatic carbocycles. The molecule has 1 fully saturated rings. The second kappa shape index (κ2) is 4.15. The molecule has 0 unspecified atom stereocenters. The van der Waals surface area contributed by atoms with Gasteiger partial charge in [-0.1, -0.05) is 36.6 Å². The summed E-state index contributed by atoms with van der Waals surface area (Å²) in [4.78, 5) is 0. The van der Waals surface area contributed by atoms with Crippen molar-refractivity contribution in [2.75, 3.05) is 7.05 Å². The number of hydrogen-bond acceptors (Lipinski definition) is 1. The highest BCUT2D eigenvalue weighted by Crippen LogP contribution is 2.39. The van der Waals surface area contributed by atoms with Crippen molar-refractivity contribution in [1.29, 1.82) is 0 Å². The van der Waals surface area contributed by atoms with Gasteiger partial charge in [-0.15, -0.1) is 0 Å². The number of benzene rings is 1. The number of hydrogen-bond donors (Lipinski definition) is 1. The van der Waals surface area contributed by atoms with Crippen LogP contribution in [0.3, 0.4) is 0 Å². The van der Waals surface area contributed by atoms with Gasteiger partial charge in [-0.2, -0.15) is 0 Å². The van der Waals surface area contributed by atoms with Crippen LogP contribution in [0.15, 0.2) is 18.2 Å². The van der Waals surface area contributed by atoms with E-state index in [1.165, 1.54) is 31.2 Å². The van der Waals surface area contributed by atoms with Gasteiger partial charge in [-0.3, -0.25) is 0 Å². The molecule has 2 heteroatoms. The van der Waals surface area contributed by atoms with Crippen LogP contribution in [0.5, 0.6) is 0 Å². The van der Waals surface area contributed by atoms with E-state index in [0.29, 0.717) is 0 Å². The Morgan fingerprint density at radius 1 is 1.27 bits per heavy atom. The van der Waals surface area contributed by atoms with Gasteiger partial charge < -0.3 is 5.32 Å². The number of aryl methyl sites for hydroxylation is 1. The third-order valence-corrected chi connectivity index (χ3v) is 4.07. The molecule has 1 aliphatic carbocycles. The van der Waals surface area contributed by atoms with Gasteiger partial charge in [0.1, 0.15) is 0 Å². The van der Waals surface area contributed by atoms with Gasteiger partial charge in [-0.05, 0) is 44.0 Å². The van der Waals surface area contributed by atoms with Crippen LogP contribution in [0.4, 0.5) is 0 Å². The summed E-state index contributed by atoms with van der Waals surface area (Å²) in [5.74, 6) is 0. The zero-order valence-electron chi connectivity index (χ0n) is 9.44. The second-order valence-corrected chi connectivity index (χ2v) is 4.91. The van der Waals surface area contributed by atoms with E-state index in [-0.39, 0.29) is 5.54 Å². The van der Waals surface area contributed by atoms with E-state index in [4.69, 9.17) is 11.6 Å². The summed E-state index contributed by atoms with van der Waals surface area (Å²) < 4.78 is 0. The zero-order chi connectivity index (χ0) is 10.9. The molecule has 1 N–H and O–H groups in total. The highest BCUT2D eigenvalue weighted by atomic mass is 35.5. The van der Waals surface area contributed by atoms with Crippen LogP contribution in [0.25, 0.3) is 0 Å². The lowest BCUT2D eigenvalue weighted by atomic mass is 9.88. The summed E-state index contributed by atoms with van der Waals surface area (Å²) in [5, 5.41) is 4.37. The first-order valence-electron chi connectivity index (χ1n) is 5.63. The van der Waals surface area contributed by atoms with Crippen LogP contribution in [-0.2, 0) is 5.54 Å². The molecule has 0 atom stereocenters. The molecule has 0 saturated heterocycles. The quantitative estimate of drug-likeness (QED) is 0.808. The summed E-state index contributed by atoms with van der Waals surface area (Å²) in [7, 11) is 2.05. The minimum atomic E-state index is 0.178. The van der Waals surface area contributed by atoms with E-state index in [0.717, 1.165) is 10.6 Å². The molecule has 1 saturated carbocycles. The fourth-order valence-electron chi connectivity index (χ4n) is 2.55. The average Bonchev–Trinajstić information content (AvgIpc) is 2.72. The Balaban J connectivity index is 2.38. The molecule has 1 aliphatic rings. The van der Waals surface area contributed by atoms with Crippen LogP contribution in [0, 0.1) is 6.92 Å². The summed E-state index contributed by atoms with van der Waals surface area (Å²) in [6.45, 7) is 2.05. The first-order valence-corrected chi connectivity index (χ1v) is 6.01. The molecule has 82 valence electrons. The van der Waals surface area contributed by atoms with Gasteiger partial charge in [0.25, 0.3) is 0 Å². The van der Waals surface area contributed by atoms with E-state index in [1.807, 2.05) is 6.92 Å². The molecule has 2 rings (SSSR count). The standard InChI is InChI=1S/C13H18ClN/c1-10-5-6-11(9-12(10)14)13(15-2)7-3-4-8-13/h5-6,9,15H,3-4,7-8H2,1-2H3. The summed E-state index contributed by atoms with van der Waals surface area (Å²) >= 11 is 6.18. The van der Waals surface area contributed by atoms with Crippen molar-refractivity contribution in [2.24, 2.45) is 0 Å². The maximum Gasteiger partial charge on any atom is 0.0438 e. The van der Waals surface area contributed by atoms with E-state index in [2.05, 4.69) is 30.6 Å². The Labute approximate surface area is 96.8 Å². The summed E-state index contributed by atoms with van der Waals surface area (Å²) in [5.41, 5.74) is 2.68. The van der Waals surface area contributed by atoms with Crippen molar-refractivity contribution in [1.82, 2.24) is 5.32 Å². The van der Waals surface area contributed by atoms with Crippen molar-refractivity contribution in [3.63, 3.8) is 0 Å². The maximum absolute atomic E-state index is 6.18. The van der Waals surface area contributed by atoms with Gasteiger partial charge in [0.2, 0.25) is 0 Å². The molecular weight excluding hydrogens is 206 g/mol. The minimum absolute atomic E-state index is 0.178. The molecular formula is C13H18ClN. The molecule has 0 amide bonds. The summed E-state index contributed by atoms with van der Waals surface area (Å²) in [6, 6.07) is 6.46. The van der Waals surface area contributed by atoms with E-state index < -0.39 is 0 Å². The SMILES string of the molecule is CNC1(c2ccc(C)c(Cl)c2)CCCC1. The molecule has 0 aromatic heterocycles. The first-order chi connectivity index (χ1) is 7.18. The van der Waals surface area contributed by atoms with Gasteiger partial charge >= 0.3 is 0 Å². The summed E-state index contributed by atoms with van der Waals surface area (Å²) in [6.07, 6.45) is 5.07. The number of nitrogens with one attached hydrogen (secondary N) is 1. The number of halogens is 1. The molecule has 1 aromatic rings. The molecule has 0 radical (unpaired) electrons. The topological polar surface area (TPSA) is 12.0 Å². The second-order valence-electron chi connectivity index (χ2n) is 4.50. The van der Waals surface area contributed by atoms with Crippen molar-refractivity contribution < 1.29 is 0 Å². The van der Waals surface area contributed by atoms with E-state index in [1.54, 1.807) is 0 Å². The Morgan fingerprint density at radius 2 is 1.93 bits per heavy atom. The number of rotatable bonds is 2. The van der Waals surface area contributed by atoms with Crippen LogP contribution < -0.4 is 5.32 Å². The third kappa shape index (κ3) is 1.91. The normalized spacial score (nSPS) is 19.4. The molecule has 0 bridgehead atoms. The lowest BCUT2D eigenvalue weighted by Crippen LogP contribution is -2.36. The van der Waals surface area contributed by atoms with Crippen LogP contribution >= 0.6 is 11.6 Å². The Bertz CT molecular complexity index is 354. The van der Waals surface area contributed by atoms with Crippen molar-refractivity contribution in [3.05, 3.63) is 34.3 Å². The predicted octanol–water partition coefficient (Wildman–Crippen LogP) is 3.64. The lowest BCUT2D eigenvalue weighted by Gasteiger charge is -2.29. The average molecular weight is 224 g/mol. The predicted molar refractivity (Wildman–Crippen MR) is 65.4 cm³/mol. The van der Waals surface area contributed by atoms with Crippen LogP contribution in [0.1, 0.15) is 36.8 Å². The van der Waals surface area contributed by atoms with Gasteiger partial charge in [0.15, 0.2) is 0 Å². The minimum Gasteiger partial charge on any atom is -0.310 e. The highest BCUT2D eigenvalue weighted by molar-refractivity contribution is 6.31. The molecule has 0 aliphatic heterocycles. The van der Waals surface area contributed by atoms with Gasteiger partial charge in [-0.25, -0.2) is 0 Å². The third-order valence-electron chi connectivity index (χ3n) is 3.66. The monoisotopic (exact) mass is 223 g/mol. The van der Waals surface area contributed by atoms with Crippen molar-refractivity contribution in [3.8, 4) is 0 Å². The van der Waals surface area contributed by atoms with Crippen molar-refractivity contribution >= 4 is 11.6 Å². The lowest BCUT2D eigenvalue weighted by molar-refractivity contribution is 0.372.